The fourth-order valence-electron chi connectivity index (χ4n) is 4.28. The summed E-state index contributed by atoms with van der Waals surface area (Å²) < 4.78 is 17.4. The molecule has 6 rings (SSSR count). The van der Waals surface area contributed by atoms with Crippen LogP contribution >= 0.6 is 0 Å². The Kier molecular flexibility index (Phi) is 6.04. The number of pyridine rings is 1. The molecule has 39 heavy (non-hydrogen) atoms. The van der Waals surface area contributed by atoms with Crippen LogP contribution in [-0.4, -0.2) is 30.8 Å². The van der Waals surface area contributed by atoms with Crippen LogP contribution in [-0.2, 0) is 6.54 Å². The first-order chi connectivity index (χ1) is 18.9. The number of hydrogen-bond donors (Lipinski definition) is 0. The number of rotatable bonds is 6. The number of nitrogens with zero attached hydrogens (tertiary/aromatic N) is 5. The van der Waals surface area contributed by atoms with Crippen LogP contribution in [0.2, 0.25) is 0 Å². The lowest BCUT2D eigenvalue weighted by molar-refractivity contribution is 0.0735. The summed E-state index contributed by atoms with van der Waals surface area (Å²) in [5.74, 6) is 1.62. The maximum atomic E-state index is 12.9. The molecule has 0 spiro atoms. The maximum absolute atomic E-state index is 12.9. The van der Waals surface area contributed by atoms with E-state index in [1.54, 1.807) is 66.9 Å². The zero-order chi connectivity index (χ0) is 26.9. The Hall–Kier alpha value is -5.38. The summed E-state index contributed by atoms with van der Waals surface area (Å²) >= 11 is 0. The second kappa shape index (κ2) is 9.82. The van der Waals surface area contributed by atoms with Crippen molar-refractivity contribution in [2.45, 2.75) is 20.4 Å². The largest absolute Gasteiger partial charge is 0.423 e. The molecule has 0 fully saturated rings. The molecule has 0 aliphatic heterocycles. The highest BCUT2D eigenvalue weighted by Crippen LogP contribution is 2.24. The van der Waals surface area contributed by atoms with Gasteiger partial charge in [0.2, 0.25) is 23.4 Å². The average Bonchev–Trinajstić information content (AvgIpc) is 3.59. The smallest absolute Gasteiger partial charge is 0.343 e. The van der Waals surface area contributed by atoms with E-state index in [1.807, 2.05) is 24.3 Å². The summed E-state index contributed by atoms with van der Waals surface area (Å²) in [6.45, 7) is 3.76. The number of carbonyl (C=O) groups is 1. The molecule has 0 saturated heterocycles. The van der Waals surface area contributed by atoms with Gasteiger partial charge in [-0.3, -0.25) is 4.79 Å². The van der Waals surface area contributed by atoms with Crippen LogP contribution in [0.15, 0.2) is 92.7 Å². The summed E-state index contributed by atoms with van der Waals surface area (Å²) in [6.07, 6.45) is 0. The first kappa shape index (κ1) is 24.0. The van der Waals surface area contributed by atoms with Gasteiger partial charge in [0.05, 0.1) is 17.6 Å². The Morgan fingerprint density at radius 1 is 0.821 bits per heavy atom. The third-order valence-electron chi connectivity index (χ3n) is 6.11. The van der Waals surface area contributed by atoms with Gasteiger partial charge >= 0.3 is 5.97 Å². The van der Waals surface area contributed by atoms with Crippen molar-refractivity contribution in [3.8, 4) is 28.5 Å². The maximum Gasteiger partial charge on any atom is 0.343 e. The molecule has 0 saturated carbocycles. The molecule has 3 aromatic heterocycles. The van der Waals surface area contributed by atoms with Crippen molar-refractivity contribution in [1.82, 2.24) is 24.8 Å². The fourth-order valence-corrected chi connectivity index (χ4v) is 4.28. The Morgan fingerprint density at radius 3 is 2.21 bits per heavy atom. The number of fused-ring (bicyclic) bond motifs is 1. The van der Waals surface area contributed by atoms with E-state index in [9.17, 15) is 9.59 Å². The quantitative estimate of drug-likeness (QED) is 0.221. The van der Waals surface area contributed by atoms with Crippen LogP contribution in [0.5, 0.6) is 5.75 Å². The molecule has 3 heterocycles. The van der Waals surface area contributed by atoms with Crippen molar-refractivity contribution in [2.24, 2.45) is 0 Å². The SMILES string of the molecule is Cc1nc(-c2cccc(Cn3c(=O)ccc4cc(OC(=O)c5cccc(-c6noc(C)n6)c5)ccc43)c2)no1. The minimum absolute atomic E-state index is 0.151. The molecule has 0 bridgehead atoms. The van der Waals surface area contributed by atoms with Crippen molar-refractivity contribution >= 4 is 16.9 Å². The molecular weight excluding hydrogens is 498 g/mol. The van der Waals surface area contributed by atoms with Gasteiger partial charge in [-0.15, -0.1) is 0 Å². The third-order valence-corrected chi connectivity index (χ3v) is 6.11. The van der Waals surface area contributed by atoms with Gasteiger partial charge < -0.3 is 18.4 Å². The van der Waals surface area contributed by atoms with Gasteiger partial charge in [0.1, 0.15) is 5.75 Å². The summed E-state index contributed by atoms with van der Waals surface area (Å²) in [5, 5.41) is 8.62. The van der Waals surface area contributed by atoms with Gasteiger partial charge in [-0.05, 0) is 48.0 Å². The van der Waals surface area contributed by atoms with Gasteiger partial charge in [0.25, 0.3) is 5.56 Å². The summed E-state index contributed by atoms with van der Waals surface area (Å²) in [6, 6.07) is 22.8. The molecular formula is C29H21N5O5. The van der Waals surface area contributed by atoms with Crippen LogP contribution in [0.4, 0.5) is 0 Å². The van der Waals surface area contributed by atoms with Gasteiger partial charge in [-0.1, -0.05) is 40.6 Å². The second-order valence-electron chi connectivity index (χ2n) is 8.92. The Labute approximate surface area is 221 Å². The van der Waals surface area contributed by atoms with E-state index >= 15 is 0 Å². The lowest BCUT2D eigenvalue weighted by atomic mass is 10.1. The van der Waals surface area contributed by atoms with Crippen molar-refractivity contribution in [3.63, 3.8) is 0 Å². The second-order valence-corrected chi connectivity index (χ2v) is 8.92. The standard InChI is InChI=1S/C29H21N5O5/c1-17-30-27(32-38-17)21-6-3-5-19(13-21)16-34-25-11-10-24(15-20(25)9-12-26(34)35)37-29(36)23-8-4-7-22(14-23)28-31-18(2)39-33-28/h3-15H,16H2,1-2H3. The molecule has 0 unspecified atom stereocenters. The van der Waals surface area contributed by atoms with Crippen molar-refractivity contribution < 1.29 is 18.6 Å². The summed E-state index contributed by atoms with van der Waals surface area (Å²) in [4.78, 5) is 34.2. The zero-order valence-corrected chi connectivity index (χ0v) is 21.0. The van der Waals surface area contributed by atoms with Crippen LogP contribution in [0.25, 0.3) is 33.7 Å². The molecule has 0 radical (unpaired) electrons. The molecule has 10 heteroatoms. The van der Waals surface area contributed by atoms with Crippen LogP contribution in [0.3, 0.4) is 0 Å². The predicted octanol–water partition coefficient (Wildman–Crippen LogP) is 4.99. The fraction of sp³-hybridized carbons (Fsp3) is 0.103. The Morgan fingerprint density at radius 2 is 1.51 bits per heavy atom. The molecule has 0 aliphatic rings. The number of aromatic nitrogens is 5. The minimum Gasteiger partial charge on any atom is -0.423 e. The number of esters is 1. The van der Waals surface area contributed by atoms with E-state index < -0.39 is 5.97 Å². The van der Waals surface area contributed by atoms with Gasteiger partial charge in [-0.2, -0.15) is 9.97 Å². The number of ether oxygens (including phenoxy) is 1. The van der Waals surface area contributed by atoms with Crippen LogP contribution < -0.4 is 10.3 Å². The van der Waals surface area contributed by atoms with Gasteiger partial charge in [0, 0.05) is 36.4 Å². The van der Waals surface area contributed by atoms with E-state index in [2.05, 4.69) is 20.3 Å². The van der Waals surface area contributed by atoms with E-state index in [0.29, 0.717) is 52.4 Å². The van der Waals surface area contributed by atoms with E-state index in [1.165, 1.54) is 6.07 Å². The lowest BCUT2D eigenvalue weighted by Gasteiger charge is -2.12. The number of hydrogen-bond acceptors (Lipinski definition) is 9. The molecule has 3 aromatic carbocycles. The van der Waals surface area contributed by atoms with E-state index in [0.717, 1.165) is 16.5 Å². The third kappa shape index (κ3) is 4.95. The molecule has 0 N–H and O–H groups in total. The van der Waals surface area contributed by atoms with E-state index in [-0.39, 0.29) is 5.56 Å². The topological polar surface area (TPSA) is 126 Å². The Bertz CT molecular complexity index is 1900. The number of benzene rings is 3. The minimum atomic E-state index is -0.529. The lowest BCUT2D eigenvalue weighted by Crippen LogP contribution is -2.20. The normalized spacial score (nSPS) is 11.1. The Balaban J connectivity index is 1.26. The van der Waals surface area contributed by atoms with Crippen molar-refractivity contribution in [1.29, 1.82) is 0 Å². The molecule has 0 amide bonds. The molecule has 0 atom stereocenters. The molecule has 192 valence electrons. The van der Waals surface area contributed by atoms with Gasteiger partial charge in [-0.25, -0.2) is 4.79 Å². The molecule has 0 aliphatic carbocycles. The molecule has 10 nitrogen and oxygen atoms in total. The highest BCUT2D eigenvalue weighted by Gasteiger charge is 2.14. The van der Waals surface area contributed by atoms with E-state index in [4.69, 9.17) is 13.8 Å². The first-order valence-corrected chi connectivity index (χ1v) is 12.1. The monoisotopic (exact) mass is 519 g/mol. The summed E-state index contributed by atoms with van der Waals surface area (Å²) in [7, 11) is 0. The van der Waals surface area contributed by atoms with Crippen LogP contribution in [0.1, 0.15) is 27.7 Å². The van der Waals surface area contributed by atoms with Gasteiger partial charge in [0.15, 0.2) is 0 Å². The summed E-state index contributed by atoms with van der Waals surface area (Å²) in [5.41, 5.74) is 3.24. The predicted molar refractivity (Wildman–Crippen MR) is 141 cm³/mol. The highest BCUT2D eigenvalue weighted by atomic mass is 16.5. The average molecular weight is 520 g/mol. The first-order valence-electron chi connectivity index (χ1n) is 12.1. The number of aryl methyl sites for hydroxylation is 2. The zero-order valence-electron chi connectivity index (χ0n) is 21.0. The highest BCUT2D eigenvalue weighted by molar-refractivity contribution is 5.93. The number of carbonyl (C=O) groups excluding carboxylic acids is 1. The molecule has 6 aromatic rings. The van der Waals surface area contributed by atoms with Crippen molar-refractivity contribution in [3.05, 3.63) is 112 Å². The van der Waals surface area contributed by atoms with Crippen molar-refractivity contribution in [2.75, 3.05) is 0 Å². The van der Waals surface area contributed by atoms with Crippen LogP contribution in [0, 0.1) is 13.8 Å².